The molecule has 0 fully saturated rings. The molecule has 34 heavy (non-hydrogen) atoms. The molecule has 5 aromatic carbocycles. The first kappa shape index (κ1) is 21.0. The molecule has 0 bridgehead atoms. The molecule has 2 heteroatoms. The van der Waals surface area contributed by atoms with E-state index in [0.29, 0.717) is 11.1 Å². The molecular weight excluding hydrogens is 412 g/mol. The molecule has 158 valence electrons. The van der Waals surface area contributed by atoms with Crippen molar-refractivity contribution in [1.82, 2.24) is 0 Å². The molecule has 0 N–H and O–H groups in total. The minimum Gasteiger partial charge on any atom is -0.192 e. The number of benzene rings is 5. The van der Waals surface area contributed by atoms with Gasteiger partial charge in [-0.15, -0.1) is 0 Å². The van der Waals surface area contributed by atoms with Gasteiger partial charge in [-0.05, 0) is 80.2 Å². The number of hydrogen-bond acceptors (Lipinski definition) is 2. The summed E-state index contributed by atoms with van der Waals surface area (Å²) in [6.45, 7) is 0. The number of nitriles is 2. The van der Waals surface area contributed by atoms with Crippen LogP contribution in [0.25, 0.3) is 45.8 Å². The van der Waals surface area contributed by atoms with E-state index in [9.17, 15) is 0 Å². The maximum absolute atomic E-state index is 8.94. The second kappa shape index (κ2) is 9.29. The number of fused-ring (bicyclic) bond motifs is 3. The molecule has 5 aromatic rings. The summed E-state index contributed by atoms with van der Waals surface area (Å²) < 4.78 is 0. The Morgan fingerprint density at radius 3 is 1.15 bits per heavy atom. The van der Waals surface area contributed by atoms with Crippen LogP contribution in [-0.2, 0) is 0 Å². The molecule has 0 amide bonds. The van der Waals surface area contributed by atoms with Crippen LogP contribution in [0.2, 0.25) is 0 Å². The fraction of sp³-hybridized carbons (Fsp3) is 0. The maximum atomic E-state index is 8.94. The predicted octanol–water partition coefficient (Wildman–Crippen LogP) is 8.08. The second-order valence-corrected chi connectivity index (χ2v) is 8.16. The largest absolute Gasteiger partial charge is 0.192 e. The highest BCUT2D eigenvalue weighted by Gasteiger charge is 2.02. The Morgan fingerprint density at radius 2 is 0.765 bits per heavy atom. The Balaban J connectivity index is 1.40. The van der Waals surface area contributed by atoms with E-state index in [1.165, 1.54) is 21.5 Å². The second-order valence-electron chi connectivity index (χ2n) is 8.16. The maximum Gasteiger partial charge on any atom is 0.0991 e. The summed E-state index contributed by atoms with van der Waals surface area (Å²) in [5.74, 6) is 0. The normalized spacial score (nSPS) is 11.2. The van der Waals surface area contributed by atoms with Crippen LogP contribution in [0.3, 0.4) is 0 Å². The van der Waals surface area contributed by atoms with Gasteiger partial charge in [0.2, 0.25) is 0 Å². The third-order valence-electron chi connectivity index (χ3n) is 5.90. The fourth-order valence-electron chi connectivity index (χ4n) is 4.04. The Bertz CT molecular complexity index is 1510. The van der Waals surface area contributed by atoms with Crippen LogP contribution in [0.4, 0.5) is 0 Å². The molecule has 2 nitrogen and oxygen atoms in total. The van der Waals surface area contributed by atoms with Gasteiger partial charge in [0.25, 0.3) is 0 Å². The SMILES string of the molecule is N#Cc1ccc(/C=C/c2ccc3c(ccc4cc(/C=C/c5ccc(C#N)cc5)ccc43)c2)cc1. The molecule has 0 spiro atoms. The van der Waals surface area contributed by atoms with Crippen LogP contribution in [0.1, 0.15) is 33.4 Å². The van der Waals surface area contributed by atoms with Crippen molar-refractivity contribution in [3.05, 3.63) is 130 Å². The Morgan fingerprint density at radius 1 is 0.412 bits per heavy atom. The zero-order valence-electron chi connectivity index (χ0n) is 18.4. The lowest BCUT2D eigenvalue weighted by Gasteiger charge is -2.06. The van der Waals surface area contributed by atoms with Crippen molar-refractivity contribution in [3.8, 4) is 12.1 Å². The topological polar surface area (TPSA) is 47.6 Å². The van der Waals surface area contributed by atoms with Crippen molar-refractivity contribution in [2.24, 2.45) is 0 Å². The average Bonchev–Trinajstić information content (AvgIpc) is 2.91. The van der Waals surface area contributed by atoms with Crippen molar-refractivity contribution < 1.29 is 0 Å². The third-order valence-corrected chi connectivity index (χ3v) is 5.90. The van der Waals surface area contributed by atoms with Crippen molar-refractivity contribution in [3.63, 3.8) is 0 Å². The van der Waals surface area contributed by atoms with Gasteiger partial charge in [-0.2, -0.15) is 10.5 Å². The molecule has 0 unspecified atom stereocenters. The summed E-state index contributed by atoms with van der Waals surface area (Å²) in [6.07, 6.45) is 8.33. The first-order valence-corrected chi connectivity index (χ1v) is 11.0. The summed E-state index contributed by atoms with van der Waals surface area (Å²) in [5.41, 5.74) is 5.75. The van der Waals surface area contributed by atoms with Crippen molar-refractivity contribution in [2.45, 2.75) is 0 Å². The molecule has 0 atom stereocenters. The van der Waals surface area contributed by atoms with E-state index >= 15 is 0 Å². The van der Waals surface area contributed by atoms with Gasteiger partial charge < -0.3 is 0 Å². The molecule has 0 saturated carbocycles. The molecular formula is C32H20N2. The van der Waals surface area contributed by atoms with Gasteiger partial charge >= 0.3 is 0 Å². The van der Waals surface area contributed by atoms with Crippen LogP contribution in [0, 0.1) is 22.7 Å². The summed E-state index contributed by atoms with van der Waals surface area (Å²) >= 11 is 0. The van der Waals surface area contributed by atoms with Gasteiger partial charge in [-0.1, -0.05) is 85.0 Å². The Hall–Kier alpha value is -4.92. The summed E-state index contributed by atoms with van der Waals surface area (Å²) in [7, 11) is 0. The standard InChI is InChI=1S/C32H20N2/c33-21-27-9-3-23(4-10-27)1-7-25-13-17-31-29(19-25)15-16-30-20-26(14-18-32(30)31)8-2-24-5-11-28(22-34)12-6-24/h1-20H/b7-1+,8-2+. The van der Waals surface area contributed by atoms with E-state index in [1.807, 2.05) is 48.5 Å². The van der Waals surface area contributed by atoms with Gasteiger partial charge in [0.15, 0.2) is 0 Å². The lowest BCUT2D eigenvalue weighted by atomic mass is 9.98. The number of rotatable bonds is 4. The Kier molecular flexibility index (Phi) is 5.73. The average molecular weight is 433 g/mol. The van der Waals surface area contributed by atoms with Crippen LogP contribution >= 0.6 is 0 Å². The fourth-order valence-corrected chi connectivity index (χ4v) is 4.04. The first-order chi connectivity index (χ1) is 16.7. The van der Waals surface area contributed by atoms with Crippen molar-refractivity contribution in [2.75, 3.05) is 0 Å². The van der Waals surface area contributed by atoms with Crippen molar-refractivity contribution in [1.29, 1.82) is 10.5 Å². The molecule has 0 aliphatic rings. The minimum absolute atomic E-state index is 0.669. The predicted molar refractivity (Wildman–Crippen MR) is 142 cm³/mol. The van der Waals surface area contributed by atoms with Crippen molar-refractivity contribution >= 4 is 45.8 Å². The number of nitrogens with zero attached hydrogens (tertiary/aromatic N) is 2. The third kappa shape index (κ3) is 4.49. The van der Waals surface area contributed by atoms with E-state index in [2.05, 4.69) is 85.0 Å². The van der Waals surface area contributed by atoms with Crippen LogP contribution < -0.4 is 0 Å². The molecule has 0 aromatic heterocycles. The summed E-state index contributed by atoms with van der Waals surface area (Å²) in [6, 6.07) is 36.8. The quantitative estimate of drug-likeness (QED) is 0.213. The van der Waals surface area contributed by atoms with Crippen LogP contribution in [-0.4, -0.2) is 0 Å². The summed E-state index contributed by atoms with van der Waals surface area (Å²) in [5, 5.41) is 22.7. The molecule has 0 aliphatic carbocycles. The minimum atomic E-state index is 0.669. The van der Waals surface area contributed by atoms with E-state index < -0.39 is 0 Å². The van der Waals surface area contributed by atoms with E-state index in [-0.39, 0.29) is 0 Å². The van der Waals surface area contributed by atoms with Gasteiger partial charge in [-0.3, -0.25) is 0 Å². The highest BCUT2D eigenvalue weighted by atomic mass is 14.2. The Labute approximate surface area is 199 Å². The molecule has 0 saturated heterocycles. The van der Waals surface area contributed by atoms with E-state index in [4.69, 9.17) is 10.5 Å². The monoisotopic (exact) mass is 432 g/mol. The molecule has 0 aliphatic heterocycles. The van der Waals surface area contributed by atoms with Gasteiger partial charge in [0.1, 0.15) is 0 Å². The zero-order chi connectivity index (χ0) is 23.3. The summed E-state index contributed by atoms with van der Waals surface area (Å²) in [4.78, 5) is 0. The highest BCUT2D eigenvalue weighted by Crippen LogP contribution is 2.28. The zero-order valence-corrected chi connectivity index (χ0v) is 18.4. The van der Waals surface area contributed by atoms with Gasteiger partial charge in [0, 0.05) is 0 Å². The lowest BCUT2D eigenvalue weighted by molar-refractivity contribution is 1.48. The molecule has 0 radical (unpaired) electrons. The van der Waals surface area contributed by atoms with Crippen LogP contribution in [0.5, 0.6) is 0 Å². The van der Waals surface area contributed by atoms with E-state index in [1.54, 1.807) is 0 Å². The smallest absolute Gasteiger partial charge is 0.0991 e. The van der Waals surface area contributed by atoms with Crippen LogP contribution in [0.15, 0.2) is 97.1 Å². The highest BCUT2D eigenvalue weighted by molar-refractivity contribution is 6.08. The van der Waals surface area contributed by atoms with E-state index in [0.717, 1.165) is 22.3 Å². The van der Waals surface area contributed by atoms with Gasteiger partial charge in [-0.25, -0.2) is 0 Å². The lowest BCUT2D eigenvalue weighted by Crippen LogP contribution is -1.81. The number of hydrogen-bond donors (Lipinski definition) is 0. The first-order valence-electron chi connectivity index (χ1n) is 11.0. The van der Waals surface area contributed by atoms with Gasteiger partial charge in [0.05, 0.1) is 23.3 Å². The molecule has 0 heterocycles. The molecule has 5 rings (SSSR count).